The van der Waals surface area contributed by atoms with E-state index in [2.05, 4.69) is 14.7 Å². The lowest BCUT2D eigenvalue weighted by Gasteiger charge is -2.32. The van der Waals surface area contributed by atoms with Crippen LogP contribution in [0.2, 0.25) is 5.28 Å². The first-order valence-electron chi connectivity index (χ1n) is 8.47. The molecule has 28 heavy (non-hydrogen) atoms. The van der Waals surface area contributed by atoms with Crippen molar-refractivity contribution in [1.82, 2.24) is 19.8 Å². The third kappa shape index (κ3) is 4.53. The van der Waals surface area contributed by atoms with E-state index in [4.69, 9.17) is 11.6 Å². The van der Waals surface area contributed by atoms with Gasteiger partial charge in [-0.25, -0.2) is 14.8 Å². The summed E-state index contributed by atoms with van der Waals surface area (Å²) in [4.78, 5) is 21.9. The first-order chi connectivity index (χ1) is 13.3. The van der Waals surface area contributed by atoms with Gasteiger partial charge in [-0.1, -0.05) is 30.3 Å². The zero-order valence-electron chi connectivity index (χ0n) is 14.9. The Bertz CT molecular complexity index is 805. The van der Waals surface area contributed by atoms with Crippen molar-refractivity contribution in [3.05, 3.63) is 59.1 Å². The topological polar surface area (TPSA) is 58.6 Å². The van der Waals surface area contributed by atoms with E-state index >= 15 is 0 Å². The summed E-state index contributed by atoms with van der Waals surface area (Å²) in [5.74, 6) is 0. The molecule has 1 amide bonds. The van der Waals surface area contributed by atoms with Gasteiger partial charge in [-0.3, -0.25) is 9.80 Å². The van der Waals surface area contributed by atoms with Crippen molar-refractivity contribution in [2.24, 2.45) is 0 Å². The van der Waals surface area contributed by atoms with Gasteiger partial charge in [0.2, 0.25) is 5.28 Å². The second-order valence-electron chi connectivity index (χ2n) is 6.43. The predicted molar refractivity (Wildman–Crippen MR) is 95.5 cm³/mol. The molecule has 0 bridgehead atoms. The molecule has 0 saturated carbocycles. The number of amides is 1. The molecule has 0 radical (unpaired) electrons. The van der Waals surface area contributed by atoms with Crippen molar-refractivity contribution in [2.75, 3.05) is 13.7 Å². The molecule has 6 nitrogen and oxygen atoms in total. The molecule has 2 heterocycles. The highest BCUT2D eigenvalue weighted by Gasteiger charge is 2.56. The average molecular weight is 415 g/mol. The van der Waals surface area contributed by atoms with Crippen molar-refractivity contribution < 1.29 is 22.7 Å². The van der Waals surface area contributed by atoms with Gasteiger partial charge in [0.15, 0.2) is 6.17 Å². The van der Waals surface area contributed by atoms with Crippen molar-refractivity contribution in [2.45, 2.75) is 31.3 Å². The molecule has 1 aromatic carbocycles. The van der Waals surface area contributed by atoms with Gasteiger partial charge in [0, 0.05) is 25.5 Å². The first-order valence-corrected chi connectivity index (χ1v) is 8.84. The first kappa shape index (κ1) is 20.3. The van der Waals surface area contributed by atoms with Crippen molar-refractivity contribution >= 4 is 17.7 Å². The van der Waals surface area contributed by atoms with E-state index in [-0.39, 0.29) is 24.8 Å². The van der Waals surface area contributed by atoms with E-state index in [0.717, 1.165) is 17.6 Å². The third-order valence-corrected chi connectivity index (χ3v) is 4.70. The van der Waals surface area contributed by atoms with Gasteiger partial charge in [0.05, 0.1) is 13.2 Å². The highest BCUT2D eigenvalue weighted by Crippen LogP contribution is 2.36. The summed E-state index contributed by atoms with van der Waals surface area (Å²) in [5.41, 5.74) is 1.29. The van der Waals surface area contributed by atoms with Crippen molar-refractivity contribution in [1.29, 1.82) is 0 Å². The van der Waals surface area contributed by atoms with Crippen LogP contribution in [0, 0.1) is 0 Å². The summed E-state index contributed by atoms with van der Waals surface area (Å²) >= 11 is 5.66. The molecule has 1 aromatic heterocycles. The maximum Gasteiger partial charge on any atom is 0.422 e. The van der Waals surface area contributed by atoms with Crippen LogP contribution in [0.25, 0.3) is 0 Å². The number of halogens is 4. The van der Waals surface area contributed by atoms with Crippen LogP contribution in [-0.2, 0) is 17.7 Å². The Balaban J connectivity index is 1.91. The second-order valence-corrected chi connectivity index (χ2v) is 6.76. The number of alkyl halides is 3. The van der Waals surface area contributed by atoms with Crippen LogP contribution in [0.4, 0.5) is 18.0 Å². The molecule has 2 aromatic rings. The summed E-state index contributed by atoms with van der Waals surface area (Å²) < 4.78 is 46.3. The molecule has 1 fully saturated rings. The molecule has 1 aliphatic heterocycles. The molecule has 10 heteroatoms. The predicted octanol–water partition coefficient (Wildman–Crippen LogP) is 3.51. The number of carbonyl (C=O) groups excluding carboxylic acids is 1. The standard InChI is InChI=1S/C18H18ClF3N4O2/c1-28-17(27)26-14(7-13-8-23-16(19)24-9-13)11-25(15(26)18(20,21)22)10-12-5-3-2-4-6-12/h2-6,8-9,14-15H,7,10-11H2,1H3/t14-,15+/m0/s1. The molecule has 3 rings (SSSR count). The number of nitrogens with zero attached hydrogens (tertiary/aromatic N) is 4. The highest BCUT2D eigenvalue weighted by molar-refractivity contribution is 6.28. The van der Waals surface area contributed by atoms with Crippen LogP contribution in [-0.4, -0.2) is 57.9 Å². The zero-order valence-corrected chi connectivity index (χ0v) is 15.7. The van der Waals surface area contributed by atoms with Gasteiger partial charge in [0.25, 0.3) is 0 Å². The summed E-state index contributed by atoms with van der Waals surface area (Å²) in [6.07, 6.45) is -4.74. The number of hydrogen-bond acceptors (Lipinski definition) is 5. The second kappa shape index (κ2) is 8.32. The average Bonchev–Trinajstić information content (AvgIpc) is 3.02. The van der Waals surface area contributed by atoms with E-state index in [1.807, 2.05) is 0 Å². The number of rotatable bonds is 4. The van der Waals surface area contributed by atoms with Gasteiger partial charge >= 0.3 is 12.3 Å². The van der Waals surface area contributed by atoms with Gasteiger partial charge < -0.3 is 4.74 Å². The van der Waals surface area contributed by atoms with Gasteiger partial charge in [-0.15, -0.1) is 0 Å². The van der Waals surface area contributed by atoms with Gasteiger partial charge in [-0.2, -0.15) is 13.2 Å². The maximum absolute atomic E-state index is 13.9. The van der Waals surface area contributed by atoms with E-state index in [1.54, 1.807) is 30.3 Å². The summed E-state index contributed by atoms with van der Waals surface area (Å²) in [7, 11) is 1.07. The lowest BCUT2D eigenvalue weighted by molar-refractivity contribution is -0.205. The van der Waals surface area contributed by atoms with Crippen LogP contribution in [0.1, 0.15) is 11.1 Å². The molecule has 0 aliphatic carbocycles. The molecule has 0 spiro atoms. The van der Waals surface area contributed by atoms with E-state index in [0.29, 0.717) is 5.56 Å². The largest absolute Gasteiger partial charge is 0.453 e. The molecule has 1 saturated heterocycles. The minimum Gasteiger partial charge on any atom is -0.453 e. The molecule has 150 valence electrons. The molecule has 1 aliphatic rings. The number of carbonyl (C=O) groups is 1. The molecule has 0 N–H and O–H groups in total. The van der Waals surface area contributed by atoms with Gasteiger partial charge in [0.1, 0.15) is 0 Å². The molecule has 0 unspecified atom stereocenters. The minimum absolute atomic E-state index is 0.0246. The van der Waals surface area contributed by atoms with Crippen LogP contribution >= 0.6 is 11.6 Å². The van der Waals surface area contributed by atoms with Crippen LogP contribution in [0.15, 0.2) is 42.7 Å². The Labute approximate surface area is 164 Å². The number of hydrogen-bond donors (Lipinski definition) is 0. The van der Waals surface area contributed by atoms with Gasteiger partial charge in [-0.05, 0) is 29.1 Å². The summed E-state index contributed by atoms with van der Waals surface area (Å²) in [5, 5.41) is 0.0406. The van der Waals surface area contributed by atoms with Crippen LogP contribution in [0.5, 0.6) is 0 Å². The molecule has 2 atom stereocenters. The lowest BCUT2D eigenvalue weighted by atomic mass is 10.1. The van der Waals surface area contributed by atoms with Crippen molar-refractivity contribution in [3.8, 4) is 0 Å². The SMILES string of the molecule is COC(=O)N1[C@@H](Cc2cnc(Cl)nc2)CN(Cc2ccccc2)[C@H]1C(F)(F)F. The quantitative estimate of drug-likeness (QED) is 0.716. The van der Waals surface area contributed by atoms with E-state index in [9.17, 15) is 18.0 Å². The number of benzene rings is 1. The monoisotopic (exact) mass is 414 g/mol. The maximum atomic E-state index is 13.9. The fraction of sp³-hybridized carbons (Fsp3) is 0.389. The smallest absolute Gasteiger partial charge is 0.422 e. The third-order valence-electron chi connectivity index (χ3n) is 4.50. The van der Waals surface area contributed by atoms with Crippen LogP contribution in [0.3, 0.4) is 0 Å². The van der Waals surface area contributed by atoms with E-state index in [1.165, 1.54) is 17.3 Å². The Morgan fingerprint density at radius 3 is 2.43 bits per heavy atom. The Morgan fingerprint density at radius 1 is 1.21 bits per heavy atom. The molecular formula is C18H18ClF3N4O2. The zero-order chi connectivity index (χ0) is 20.3. The number of ether oxygens (including phenoxy) is 1. The molecular weight excluding hydrogens is 397 g/mol. The lowest BCUT2D eigenvalue weighted by Crippen LogP contribution is -2.53. The Morgan fingerprint density at radius 2 is 1.86 bits per heavy atom. The summed E-state index contributed by atoms with van der Waals surface area (Å²) in [6.45, 7) is 0.0723. The Hall–Kier alpha value is -2.39. The van der Waals surface area contributed by atoms with Crippen molar-refractivity contribution in [3.63, 3.8) is 0 Å². The summed E-state index contributed by atoms with van der Waals surface area (Å²) in [6, 6.07) is 8.04. The highest BCUT2D eigenvalue weighted by atomic mass is 35.5. The Kier molecular flexibility index (Phi) is 6.04. The fourth-order valence-corrected chi connectivity index (χ4v) is 3.50. The fourth-order valence-electron chi connectivity index (χ4n) is 3.40. The number of methoxy groups -OCH3 is 1. The van der Waals surface area contributed by atoms with E-state index < -0.39 is 24.5 Å². The number of aromatic nitrogens is 2. The minimum atomic E-state index is -4.64. The van der Waals surface area contributed by atoms with Crippen LogP contribution < -0.4 is 0 Å². The normalized spacial score (nSPS) is 20.4.